The van der Waals surface area contributed by atoms with Crippen LogP contribution in [0.2, 0.25) is 0 Å². The predicted molar refractivity (Wildman–Crippen MR) is 136 cm³/mol. The SMILES string of the molecule is CCCNC(=O)[C@@H](Cc1ccccc1)N(Cc1ccccc1F)C(=O)CCSc1ccccc1. The zero-order valence-corrected chi connectivity index (χ0v) is 20.3. The molecule has 0 spiro atoms. The minimum Gasteiger partial charge on any atom is -0.354 e. The molecular formula is C28H31FN2O2S. The van der Waals surface area contributed by atoms with E-state index in [2.05, 4.69) is 5.32 Å². The van der Waals surface area contributed by atoms with Gasteiger partial charge in [-0.15, -0.1) is 11.8 Å². The maximum Gasteiger partial charge on any atom is 0.243 e. The van der Waals surface area contributed by atoms with E-state index in [-0.39, 0.29) is 30.6 Å². The van der Waals surface area contributed by atoms with Crippen molar-refractivity contribution in [2.45, 2.75) is 43.7 Å². The monoisotopic (exact) mass is 478 g/mol. The average molecular weight is 479 g/mol. The number of amides is 2. The van der Waals surface area contributed by atoms with Gasteiger partial charge in [0.25, 0.3) is 0 Å². The standard InChI is InChI=1S/C28H31FN2O2S/c1-2-18-30-28(33)26(20-22-11-5-3-6-12-22)31(21-23-13-9-10-16-25(23)29)27(32)17-19-34-24-14-7-4-8-15-24/h3-16,26H,2,17-21H2,1H3,(H,30,33)/t26-/m1/s1. The summed E-state index contributed by atoms with van der Waals surface area (Å²) in [5, 5.41) is 2.94. The van der Waals surface area contributed by atoms with Crippen LogP contribution in [0.4, 0.5) is 4.39 Å². The number of nitrogens with one attached hydrogen (secondary N) is 1. The van der Waals surface area contributed by atoms with Crippen molar-refractivity contribution >= 4 is 23.6 Å². The van der Waals surface area contributed by atoms with Gasteiger partial charge in [0.15, 0.2) is 0 Å². The third kappa shape index (κ3) is 7.73. The van der Waals surface area contributed by atoms with E-state index in [9.17, 15) is 14.0 Å². The highest BCUT2D eigenvalue weighted by molar-refractivity contribution is 7.99. The highest BCUT2D eigenvalue weighted by atomic mass is 32.2. The van der Waals surface area contributed by atoms with Gasteiger partial charge in [0.2, 0.25) is 11.8 Å². The van der Waals surface area contributed by atoms with Crippen LogP contribution in [0.1, 0.15) is 30.9 Å². The highest BCUT2D eigenvalue weighted by Gasteiger charge is 2.30. The molecule has 34 heavy (non-hydrogen) atoms. The average Bonchev–Trinajstić information content (AvgIpc) is 2.87. The Labute approximate surface area is 205 Å². The van der Waals surface area contributed by atoms with Crippen LogP contribution in [-0.4, -0.2) is 35.1 Å². The fourth-order valence-corrected chi connectivity index (χ4v) is 4.51. The molecule has 0 aromatic heterocycles. The third-order valence-electron chi connectivity index (χ3n) is 5.45. The molecule has 0 saturated heterocycles. The van der Waals surface area contributed by atoms with Gasteiger partial charge in [0, 0.05) is 42.1 Å². The summed E-state index contributed by atoms with van der Waals surface area (Å²) in [6.45, 7) is 2.55. The lowest BCUT2D eigenvalue weighted by molar-refractivity contribution is -0.141. The molecule has 1 N–H and O–H groups in total. The highest BCUT2D eigenvalue weighted by Crippen LogP contribution is 2.21. The molecule has 178 valence electrons. The van der Waals surface area contributed by atoms with Crippen molar-refractivity contribution in [1.29, 1.82) is 0 Å². The van der Waals surface area contributed by atoms with Gasteiger partial charge in [-0.1, -0.05) is 73.7 Å². The van der Waals surface area contributed by atoms with Crippen LogP contribution in [0.15, 0.2) is 89.8 Å². The molecular weight excluding hydrogens is 447 g/mol. The van der Waals surface area contributed by atoms with E-state index >= 15 is 0 Å². The number of carbonyl (C=O) groups excluding carboxylic acids is 2. The number of nitrogens with zero attached hydrogens (tertiary/aromatic N) is 1. The summed E-state index contributed by atoms with van der Waals surface area (Å²) in [4.78, 5) is 29.3. The molecule has 3 aromatic carbocycles. The van der Waals surface area contributed by atoms with Crippen molar-refractivity contribution in [3.05, 3.63) is 102 Å². The minimum atomic E-state index is -0.734. The van der Waals surface area contributed by atoms with Gasteiger partial charge in [0.1, 0.15) is 11.9 Å². The van der Waals surface area contributed by atoms with E-state index in [0.29, 0.717) is 24.3 Å². The summed E-state index contributed by atoms with van der Waals surface area (Å²) in [6.07, 6.45) is 1.40. The summed E-state index contributed by atoms with van der Waals surface area (Å²) < 4.78 is 14.5. The molecule has 0 aliphatic rings. The van der Waals surface area contributed by atoms with Crippen molar-refractivity contribution in [2.75, 3.05) is 12.3 Å². The molecule has 4 nitrogen and oxygen atoms in total. The lowest BCUT2D eigenvalue weighted by Gasteiger charge is -2.31. The van der Waals surface area contributed by atoms with Gasteiger partial charge in [-0.3, -0.25) is 9.59 Å². The fraction of sp³-hybridized carbons (Fsp3) is 0.286. The van der Waals surface area contributed by atoms with Crippen LogP contribution < -0.4 is 5.32 Å². The number of benzene rings is 3. The second-order valence-electron chi connectivity index (χ2n) is 8.02. The Bertz CT molecular complexity index is 1050. The third-order valence-corrected chi connectivity index (χ3v) is 6.46. The largest absolute Gasteiger partial charge is 0.354 e. The molecule has 0 radical (unpaired) electrons. The number of carbonyl (C=O) groups is 2. The smallest absolute Gasteiger partial charge is 0.243 e. The summed E-state index contributed by atoms with van der Waals surface area (Å²) in [7, 11) is 0. The van der Waals surface area contributed by atoms with Crippen LogP contribution in [0, 0.1) is 5.82 Å². The molecule has 0 saturated carbocycles. The van der Waals surface area contributed by atoms with E-state index in [4.69, 9.17) is 0 Å². The van der Waals surface area contributed by atoms with Crippen LogP contribution in [0.25, 0.3) is 0 Å². The van der Waals surface area contributed by atoms with E-state index in [0.717, 1.165) is 16.9 Å². The van der Waals surface area contributed by atoms with Gasteiger partial charge in [0.05, 0.1) is 0 Å². The maximum absolute atomic E-state index is 14.5. The van der Waals surface area contributed by atoms with Crippen LogP contribution in [0.5, 0.6) is 0 Å². The van der Waals surface area contributed by atoms with Crippen molar-refractivity contribution in [1.82, 2.24) is 10.2 Å². The first-order chi connectivity index (χ1) is 16.6. The second-order valence-corrected chi connectivity index (χ2v) is 9.19. The van der Waals surface area contributed by atoms with E-state index in [1.807, 2.05) is 67.6 Å². The van der Waals surface area contributed by atoms with E-state index < -0.39 is 6.04 Å². The quantitative estimate of drug-likeness (QED) is 0.351. The van der Waals surface area contributed by atoms with Crippen molar-refractivity contribution in [2.24, 2.45) is 0 Å². The molecule has 2 amide bonds. The number of rotatable bonds is 12. The van der Waals surface area contributed by atoms with Gasteiger partial charge in [-0.2, -0.15) is 0 Å². The topological polar surface area (TPSA) is 49.4 Å². The normalized spacial score (nSPS) is 11.6. The Kier molecular flexibility index (Phi) is 10.2. The first-order valence-electron chi connectivity index (χ1n) is 11.6. The number of hydrogen-bond acceptors (Lipinski definition) is 3. The minimum absolute atomic E-state index is 0.0402. The van der Waals surface area contributed by atoms with Crippen LogP contribution in [-0.2, 0) is 22.6 Å². The lowest BCUT2D eigenvalue weighted by Crippen LogP contribution is -2.50. The first-order valence-corrected chi connectivity index (χ1v) is 12.6. The Morgan fingerprint density at radius 3 is 2.26 bits per heavy atom. The number of halogens is 1. The summed E-state index contributed by atoms with van der Waals surface area (Å²) in [5.74, 6) is -0.192. The Balaban J connectivity index is 1.84. The van der Waals surface area contributed by atoms with Crippen molar-refractivity contribution in [3.8, 4) is 0 Å². The Hall–Kier alpha value is -3.12. The molecule has 0 aliphatic heterocycles. The molecule has 3 rings (SSSR count). The molecule has 0 aliphatic carbocycles. The first kappa shape index (κ1) is 25.5. The summed E-state index contributed by atoms with van der Waals surface area (Å²) >= 11 is 1.59. The van der Waals surface area contributed by atoms with Gasteiger partial charge in [-0.25, -0.2) is 4.39 Å². The van der Waals surface area contributed by atoms with Crippen LogP contribution >= 0.6 is 11.8 Å². The van der Waals surface area contributed by atoms with E-state index in [1.54, 1.807) is 34.9 Å². The number of thioether (sulfide) groups is 1. The van der Waals surface area contributed by atoms with Crippen molar-refractivity contribution in [3.63, 3.8) is 0 Å². The van der Waals surface area contributed by atoms with E-state index in [1.165, 1.54) is 6.07 Å². The zero-order valence-electron chi connectivity index (χ0n) is 19.5. The molecule has 0 heterocycles. The Morgan fingerprint density at radius 1 is 0.941 bits per heavy atom. The fourth-order valence-electron chi connectivity index (χ4n) is 3.65. The van der Waals surface area contributed by atoms with Crippen molar-refractivity contribution < 1.29 is 14.0 Å². The second kappa shape index (κ2) is 13.6. The zero-order chi connectivity index (χ0) is 24.2. The lowest BCUT2D eigenvalue weighted by atomic mass is 10.0. The molecule has 0 fully saturated rings. The molecule has 6 heteroatoms. The summed E-state index contributed by atoms with van der Waals surface area (Å²) in [6, 6.07) is 25.2. The number of hydrogen-bond donors (Lipinski definition) is 1. The molecule has 0 unspecified atom stereocenters. The maximum atomic E-state index is 14.5. The Morgan fingerprint density at radius 2 is 1.59 bits per heavy atom. The van der Waals surface area contributed by atoms with Crippen LogP contribution in [0.3, 0.4) is 0 Å². The van der Waals surface area contributed by atoms with Gasteiger partial charge >= 0.3 is 0 Å². The predicted octanol–water partition coefficient (Wildman–Crippen LogP) is 5.47. The molecule has 3 aromatic rings. The molecule has 0 bridgehead atoms. The summed E-state index contributed by atoms with van der Waals surface area (Å²) in [5.41, 5.74) is 1.34. The van der Waals surface area contributed by atoms with Gasteiger partial charge < -0.3 is 10.2 Å². The van der Waals surface area contributed by atoms with Gasteiger partial charge in [-0.05, 0) is 30.2 Å². The molecule has 1 atom stereocenters.